The first-order chi connectivity index (χ1) is 12.4. The van der Waals surface area contributed by atoms with E-state index < -0.39 is 5.63 Å². The van der Waals surface area contributed by atoms with Gasteiger partial charge < -0.3 is 14.5 Å². The van der Waals surface area contributed by atoms with Gasteiger partial charge in [0.1, 0.15) is 11.3 Å². The van der Waals surface area contributed by atoms with E-state index in [9.17, 15) is 9.59 Å². The van der Waals surface area contributed by atoms with E-state index >= 15 is 0 Å². The fraction of sp³-hybridized carbons (Fsp3) is 0.200. The van der Waals surface area contributed by atoms with Crippen LogP contribution in [0.5, 0.6) is 5.75 Å². The number of carbonyl (C=O) groups is 1. The van der Waals surface area contributed by atoms with Gasteiger partial charge in [-0.1, -0.05) is 22.0 Å². The molecule has 1 heterocycles. The Bertz CT molecular complexity index is 1060. The van der Waals surface area contributed by atoms with Crippen LogP contribution in [0.15, 0.2) is 50.1 Å². The Morgan fingerprint density at radius 2 is 2.00 bits per heavy atom. The lowest BCUT2D eigenvalue weighted by Gasteiger charge is -2.12. The maximum Gasteiger partial charge on any atom is 0.340 e. The minimum Gasteiger partial charge on any atom is -0.496 e. The highest BCUT2D eigenvalue weighted by Gasteiger charge is 2.18. The van der Waals surface area contributed by atoms with Crippen molar-refractivity contribution in [3.63, 3.8) is 0 Å². The highest BCUT2D eigenvalue weighted by Crippen LogP contribution is 2.31. The van der Waals surface area contributed by atoms with Crippen molar-refractivity contribution in [1.29, 1.82) is 0 Å². The van der Waals surface area contributed by atoms with Crippen LogP contribution in [0.1, 0.15) is 16.7 Å². The van der Waals surface area contributed by atoms with Crippen molar-refractivity contribution in [2.45, 2.75) is 20.3 Å². The van der Waals surface area contributed by atoms with Crippen molar-refractivity contribution in [1.82, 2.24) is 0 Å². The molecule has 0 bridgehead atoms. The molecule has 6 heteroatoms. The van der Waals surface area contributed by atoms with Gasteiger partial charge >= 0.3 is 5.63 Å². The minimum absolute atomic E-state index is 0.0757. The fourth-order valence-electron chi connectivity index (χ4n) is 2.93. The third-order valence-electron chi connectivity index (χ3n) is 4.15. The number of halogens is 1. The molecule has 2 aromatic carbocycles. The number of hydrogen-bond donors (Lipinski definition) is 1. The quantitative estimate of drug-likeness (QED) is 0.642. The lowest BCUT2D eigenvalue weighted by Crippen LogP contribution is -2.20. The van der Waals surface area contributed by atoms with Crippen LogP contribution in [0.4, 0.5) is 5.69 Å². The van der Waals surface area contributed by atoms with Gasteiger partial charge in [-0.15, -0.1) is 0 Å². The Morgan fingerprint density at radius 3 is 2.69 bits per heavy atom. The van der Waals surface area contributed by atoms with Crippen molar-refractivity contribution >= 4 is 38.5 Å². The van der Waals surface area contributed by atoms with E-state index in [1.807, 2.05) is 25.1 Å². The topological polar surface area (TPSA) is 68.5 Å². The van der Waals surface area contributed by atoms with Gasteiger partial charge in [0.2, 0.25) is 5.91 Å². The molecule has 0 fully saturated rings. The highest BCUT2D eigenvalue weighted by atomic mass is 79.9. The summed E-state index contributed by atoms with van der Waals surface area (Å²) >= 11 is 3.36. The zero-order chi connectivity index (χ0) is 18.8. The Balaban J connectivity index is 1.98. The summed E-state index contributed by atoms with van der Waals surface area (Å²) in [5.74, 6) is 0.332. The van der Waals surface area contributed by atoms with Crippen LogP contribution in [0.3, 0.4) is 0 Å². The summed E-state index contributed by atoms with van der Waals surface area (Å²) in [6, 6.07) is 10.9. The second kappa shape index (κ2) is 7.33. The SMILES string of the molecule is COc1cc(C)cc2oc(=O)c(CC(=O)Nc3cccc(Br)c3)c(C)c12. The number of rotatable bonds is 4. The lowest BCUT2D eigenvalue weighted by molar-refractivity contribution is -0.115. The van der Waals surface area contributed by atoms with Gasteiger partial charge in [-0.2, -0.15) is 0 Å². The number of nitrogens with one attached hydrogen (secondary N) is 1. The predicted octanol–water partition coefficient (Wildman–Crippen LogP) is 4.36. The van der Waals surface area contributed by atoms with Gasteiger partial charge in [-0.25, -0.2) is 4.79 Å². The van der Waals surface area contributed by atoms with E-state index in [0.717, 1.165) is 10.0 Å². The Labute approximate surface area is 159 Å². The molecular formula is C20H18BrNO4. The number of benzene rings is 2. The zero-order valence-corrected chi connectivity index (χ0v) is 16.3. The maximum absolute atomic E-state index is 12.4. The molecule has 134 valence electrons. The number of methoxy groups -OCH3 is 1. The molecule has 3 rings (SSSR count). The average molecular weight is 416 g/mol. The Morgan fingerprint density at radius 1 is 1.23 bits per heavy atom. The molecule has 1 amide bonds. The number of fused-ring (bicyclic) bond motifs is 1. The Hall–Kier alpha value is -2.60. The standard InChI is InChI=1S/C20H18BrNO4/c1-11-7-16(25-3)19-12(2)15(20(24)26-17(19)8-11)10-18(23)22-14-6-4-5-13(21)9-14/h4-9H,10H2,1-3H3,(H,22,23). The molecule has 0 spiro atoms. The second-order valence-electron chi connectivity index (χ2n) is 6.07. The van der Waals surface area contributed by atoms with Crippen molar-refractivity contribution in [3.8, 4) is 5.75 Å². The van der Waals surface area contributed by atoms with Crippen LogP contribution in [-0.2, 0) is 11.2 Å². The molecule has 3 aromatic rings. The smallest absolute Gasteiger partial charge is 0.340 e. The molecule has 0 atom stereocenters. The van der Waals surface area contributed by atoms with Gasteiger partial charge in [0.05, 0.1) is 24.5 Å². The van der Waals surface area contributed by atoms with E-state index in [4.69, 9.17) is 9.15 Å². The number of hydrogen-bond acceptors (Lipinski definition) is 4. The molecule has 1 N–H and O–H groups in total. The van der Waals surface area contributed by atoms with Crippen LogP contribution >= 0.6 is 15.9 Å². The summed E-state index contributed by atoms with van der Waals surface area (Å²) in [4.78, 5) is 24.8. The van der Waals surface area contributed by atoms with E-state index in [1.165, 1.54) is 0 Å². The molecule has 0 unspecified atom stereocenters. The average Bonchev–Trinajstić information content (AvgIpc) is 2.57. The zero-order valence-electron chi connectivity index (χ0n) is 14.7. The normalized spacial score (nSPS) is 10.8. The van der Waals surface area contributed by atoms with Crippen molar-refractivity contribution < 1.29 is 13.9 Å². The van der Waals surface area contributed by atoms with E-state index in [2.05, 4.69) is 21.2 Å². The highest BCUT2D eigenvalue weighted by molar-refractivity contribution is 9.10. The third kappa shape index (κ3) is 3.65. The molecule has 0 aliphatic rings. The number of aryl methyl sites for hydroxylation is 2. The van der Waals surface area contributed by atoms with Crippen LogP contribution in [0.25, 0.3) is 11.0 Å². The molecule has 0 saturated carbocycles. The number of amides is 1. The van der Waals surface area contributed by atoms with Crippen LogP contribution in [0.2, 0.25) is 0 Å². The summed E-state index contributed by atoms with van der Waals surface area (Å²) in [5.41, 5.74) is 2.55. The fourth-order valence-corrected chi connectivity index (χ4v) is 3.33. The van der Waals surface area contributed by atoms with Gasteiger partial charge in [0.15, 0.2) is 0 Å². The van der Waals surface area contributed by atoms with Crippen molar-refractivity contribution in [2.75, 3.05) is 12.4 Å². The molecule has 0 radical (unpaired) electrons. The van der Waals surface area contributed by atoms with Crippen LogP contribution < -0.4 is 15.7 Å². The molecule has 5 nitrogen and oxygen atoms in total. The van der Waals surface area contributed by atoms with Crippen molar-refractivity contribution in [3.05, 3.63) is 68.0 Å². The van der Waals surface area contributed by atoms with E-state index in [0.29, 0.717) is 33.5 Å². The summed E-state index contributed by atoms with van der Waals surface area (Å²) in [5, 5.41) is 3.50. The Kier molecular flexibility index (Phi) is 5.13. The number of carbonyl (C=O) groups excluding carboxylic acids is 1. The molecular weight excluding hydrogens is 398 g/mol. The lowest BCUT2D eigenvalue weighted by atomic mass is 10.0. The summed E-state index contributed by atoms with van der Waals surface area (Å²) in [7, 11) is 1.57. The monoisotopic (exact) mass is 415 g/mol. The second-order valence-corrected chi connectivity index (χ2v) is 6.98. The summed E-state index contributed by atoms with van der Waals surface area (Å²) in [6.45, 7) is 3.70. The van der Waals surface area contributed by atoms with Gasteiger partial charge in [0, 0.05) is 10.2 Å². The van der Waals surface area contributed by atoms with Gasteiger partial charge in [-0.3, -0.25) is 4.79 Å². The molecule has 26 heavy (non-hydrogen) atoms. The van der Waals surface area contributed by atoms with E-state index in [1.54, 1.807) is 32.2 Å². The molecule has 1 aromatic heterocycles. The number of anilines is 1. The molecule has 0 saturated heterocycles. The van der Waals surface area contributed by atoms with Gasteiger partial charge in [0.25, 0.3) is 0 Å². The van der Waals surface area contributed by atoms with Crippen molar-refractivity contribution in [2.24, 2.45) is 0 Å². The third-order valence-corrected chi connectivity index (χ3v) is 4.65. The van der Waals surface area contributed by atoms with E-state index in [-0.39, 0.29) is 12.3 Å². The molecule has 0 aliphatic carbocycles. The minimum atomic E-state index is -0.507. The summed E-state index contributed by atoms with van der Waals surface area (Å²) < 4.78 is 11.7. The maximum atomic E-state index is 12.4. The first-order valence-electron chi connectivity index (χ1n) is 8.05. The van der Waals surface area contributed by atoms with Crippen LogP contribution in [-0.4, -0.2) is 13.0 Å². The first kappa shape index (κ1) is 18.2. The predicted molar refractivity (Wildman–Crippen MR) is 105 cm³/mol. The summed E-state index contributed by atoms with van der Waals surface area (Å²) in [6.07, 6.45) is -0.0757. The number of ether oxygens (including phenoxy) is 1. The van der Waals surface area contributed by atoms with Crippen LogP contribution in [0, 0.1) is 13.8 Å². The largest absolute Gasteiger partial charge is 0.496 e. The molecule has 0 aliphatic heterocycles. The first-order valence-corrected chi connectivity index (χ1v) is 8.84. The van der Waals surface area contributed by atoms with Gasteiger partial charge in [-0.05, 0) is 55.3 Å².